The fraction of sp³-hybridized carbons (Fsp3) is 0. The molecule has 0 saturated carbocycles. The zero-order valence-corrected chi connectivity index (χ0v) is 32.2. The predicted molar refractivity (Wildman–Crippen MR) is 242 cm³/mol. The maximum Gasteiger partial charge on any atom is 0.164 e. The molecule has 0 aliphatic rings. The first-order valence-electron chi connectivity index (χ1n) is 19.5. The maximum absolute atomic E-state index is 9.42. The number of thiophene rings is 1. The Hall–Kier alpha value is -7.92. The summed E-state index contributed by atoms with van der Waals surface area (Å²) in [6.07, 6.45) is 0. The second kappa shape index (κ2) is 13.1. The van der Waals surface area contributed by atoms with Gasteiger partial charge in [0.15, 0.2) is 17.5 Å². The molecular formula is C52H30N6S. The van der Waals surface area contributed by atoms with Crippen molar-refractivity contribution in [2.75, 3.05) is 0 Å². The van der Waals surface area contributed by atoms with Crippen LogP contribution in [0.3, 0.4) is 0 Å². The molecule has 7 heteroatoms. The molecule has 0 aliphatic heterocycles. The molecule has 0 atom stereocenters. The smallest absolute Gasteiger partial charge is 0.164 e. The molecule has 12 rings (SSSR count). The quantitative estimate of drug-likeness (QED) is 0.175. The minimum Gasteiger partial charge on any atom is -0.309 e. The van der Waals surface area contributed by atoms with Crippen molar-refractivity contribution >= 4 is 75.1 Å². The van der Waals surface area contributed by atoms with Crippen LogP contribution in [0, 0.1) is 11.3 Å². The Bertz CT molecular complexity index is 3650. The third-order valence-corrected chi connectivity index (χ3v) is 12.6. The second-order valence-electron chi connectivity index (χ2n) is 14.7. The largest absolute Gasteiger partial charge is 0.309 e. The molecule has 4 aromatic heterocycles. The van der Waals surface area contributed by atoms with Crippen LogP contribution in [0.1, 0.15) is 5.56 Å². The highest BCUT2D eigenvalue weighted by atomic mass is 32.1. The van der Waals surface area contributed by atoms with E-state index in [4.69, 9.17) is 15.0 Å². The van der Waals surface area contributed by atoms with Gasteiger partial charge >= 0.3 is 0 Å². The van der Waals surface area contributed by atoms with Crippen LogP contribution in [0.4, 0.5) is 0 Å². The number of benzene rings is 8. The molecule has 0 fully saturated rings. The van der Waals surface area contributed by atoms with Crippen LogP contribution < -0.4 is 0 Å². The summed E-state index contributed by atoms with van der Waals surface area (Å²) in [6, 6.07) is 65.4. The van der Waals surface area contributed by atoms with Gasteiger partial charge in [-0.1, -0.05) is 103 Å². The fourth-order valence-electron chi connectivity index (χ4n) is 8.80. The van der Waals surface area contributed by atoms with Gasteiger partial charge in [0.1, 0.15) is 0 Å². The van der Waals surface area contributed by atoms with Crippen LogP contribution in [0.2, 0.25) is 0 Å². The van der Waals surface area contributed by atoms with Crippen molar-refractivity contribution in [3.63, 3.8) is 0 Å². The second-order valence-corrected chi connectivity index (χ2v) is 15.8. The molecule has 0 aliphatic carbocycles. The highest BCUT2D eigenvalue weighted by Crippen LogP contribution is 2.51. The summed E-state index contributed by atoms with van der Waals surface area (Å²) in [5.74, 6) is 1.72. The van der Waals surface area contributed by atoms with Crippen molar-refractivity contribution in [1.82, 2.24) is 24.1 Å². The lowest BCUT2D eigenvalue weighted by Crippen LogP contribution is -2.00. The van der Waals surface area contributed by atoms with Crippen molar-refractivity contribution in [2.45, 2.75) is 0 Å². The van der Waals surface area contributed by atoms with Crippen LogP contribution in [-0.2, 0) is 0 Å². The summed E-state index contributed by atoms with van der Waals surface area (Å²) >= 11 is 1.87. The predicted octanol–water partition coefficient (Wildman–Crippen LogP) is 13.3. The Morgan fingerprint density at radius 2 is 0.864 bits per heavy atom. The third kappa shape index (κ3) is 5.07. The van der Waals surface area contributed by atoms with Crippen LogP contribution in [0.15, 0.2) is 182 Å². The Balaban J connectivity index is 1.14. The van der Waals surface area contributed by atoms with E-state index < -0.39 is 0 Å². The number of para-hydroxylation sites is 3. The summed E-state index contributed by atoms with van der Waals surface area (Å²) in [5.41, 5.74) is 10.1. The van der Waals surface area contributed by atoms with E-state index in [0.717, 1.165) is 33.6 Å². The number of hydrogen-bond acceptors (Lipinski definition) is 5. The summed E-state index contributed by atoms with van der Waals surface area (Å²) < 4.78 is 7.45. The summed E-state index contributed by atoms with van der Waals surface area (Å²) in [4.78, 5) is 14.9. The van der Waals surface area contributed by atoms with E-state index >= 15 is 0 Å². The molecule has 0 N–H and O–H groups in total. The first-order chi connectivity index (χ1) is 29.2. The van der Waals surface area contributed by atoms with Gasteiger partial charge in [0.05, 0.1) is 38.4 Å². The molecule has 0 saturated heterocycles. The molecule has 0 radical (unpaired) electrons. The molecular weight excluding hydrogens is 741 g/mol. The van der Waals surface area contributed by atoms with Crippen molar-refractivity contribution in [3.8, 4) is 51.6 Å². The zero-order chi connectivity index (χ0) is 39.0. The van der Waals surface area contributed by atoms with E-state index in [1.165, 1.54) is 58.3 Å². The molecule has 0 amide bonds. The molecule has 8 aromatic carbocycles. The molecule has 4 heterocycles. The van der Waals surface area contributed by atoms with E-state index in [0.29, 0.717) is 23.0 Å². The minimum absolute atomic E-state index is 0.551. The van der Waals surface area contributed by atoms with Gasteiger partial charge in [-0.25, -0.2) is 15.0 Å². The Morgan fingerprint density at radius 1 is 0.407 bits per heavy atom. The first kappa shape index (κ1) is 33.2. The van der Waals surface area contributed by atoms with E-state index in [1.54, 1.807) is 12.1 Å². The Labute approximate surface area is 342 Å². The number of rotatable bonds is 5. The number of nitrogens with zero attached hydrogens (tertiary/aromatic N) is 6. The molecule has 0 unspecified atom stereocenters. The average Bonchev–Trinajstić information content (AvgIpc) is 3.98. The van der Waals surface area contributed by atoms with Gasteiger partial charge in [0.25, 0.3) is 0 Å². The van der Waals surface area contributed by atoms with E-state index in [1.807, 2.05) is 53.8 Å². The highest BCUT2D eigenvalue weighted by molar-refractivity contribution is 7.27. The van der Waals surface area contributed by atoms with Crippen molar-refractivity contribution in [3.05, 3.63) is 188 Å². The monoisotopic (exact) mass is 770 g/mol. The van der Waals surface area contributed by atoms with Gasteiger partial charge in [-0.3, -0.25) is 0 Å². The highest BCUT2D eigenvalue weighted by Gasteiger charge is 2.26. The topological polar surface area (TPSA) is 72.3 Å². The van der Waals surface area contributed by atoms with Gasteiger partial charge in [-0.05, 0) is 78.9 Å². The lowest BCUT2D eigenvalue weighted by molar-refractivity contribution is 1.07. The summed E-state index contributed by atoms with van der Waals surface area (Å²) in [6.45, 7) is 0. The molecule has 12 aromatic rings. The zero-order valence-electron chi connectivity index (χ0n) is 31.4. The molecule has 59 heavy (non-hydrogen) atoms. The lowest BCUT2D eigenvalue weighted by Gasteiger charge is -2.12. The number of fused-ring (bicyclic) bond motifs is 12. The minimum atomic E-state index is 0.551. The lowest BCUT2D eigenvalue weighted by atomic mass is 10.0. The Kier molecular flexibility index (Phi) is 7.36. The van der Waals surface area contributed by atoms with Gasteiger partial charge in [-0.15, -0.1) is 11.3 Å². The summed E-state index contributed by atoms with van der Waals surface area (Å²) in [7, 11) is 0. The van der Waals surface area contributed by atoms with Crippen molar-refractivity contribution in [1.29, 1.82) is 5.26 Å². The molecule has 6 nitrogen and oxygen atoms in total. The van der Waals surface area contributed by atoms with Crippen LogP contribution in [0.25, 0.3) is 109 Å². The fourth-order valence-corrected chi connectivity index (χ4v) is 10.0. The standard InChI is InChI=1S/C52H30N6S/c53-31-32-23-25-34(26-24-32)51-54-50(33-13-3-1-4-14-33)55-52(56-51)35-27-29-37(30-28-35)57-41-20-10-7-17-38(41)44-45-39-18-8-11-21-42(39)58(36-15-5-2-6-16-36)48(45)49-46(47(44)57)40-19-9-12-22-43(40)59-49/h1-30H. The summed E-state index contributed by atoms with van der Waals surface area (Å²) in [5, 5.41) is 16.9. The molecule has 0 bridgehead atoms. The Morgan fingerprint density at radius 3 is 1.47 bits per heavy atom. The SMILES string of the molecule is N#Cc1ccc(-c2nc(-c3ccccc3)nc(-c3ccc(-n4c5ccccc5c5c6c7ccccc7n(-c7ccccc7)c6c6sc7ccccc7c6c54)cc3)n2)cc1. The molecule has 0 spiro atoms. The average molecular weight is 771 g/mol. The number of nitriles is 1. The van der Waals surface area contributed by atoms with Crippen LogP contribution in [-0.4, -0.2) is 24.1 Å². The van der Waals surface area contributed by atoms with E-state index in [2.05, 4.69) is 143 Å². The van der Waals surface area contributed by atoms with E-state index in [-0.39, 0.29) is 0 Å². The van der Waals surface area contributed by atoms with Gasteiger partial charge in [0, 0.05) is 65.1 Å². The third-order valence-electron chi connectivity index (χ3n) is 11.4. The van der Waals surface area contributed by atoms with Crippen LogP contribution in [0.5, 0.6) is 0 Å². The van der Waals surface area contributed by atoms with Gasteiger partial charge in [-0.2, -0.15) is 5.26 Å². The maximum atomic E-state index is 9.42. The van der Waals surface area contributed by atoms with E-state index in [9.17, 15) is 5.26 Å². The van der Waals surface area contributed by atoms with Crippen LogP contribution >= 0.6 is 11.3 Å². The number of hydrogen-bond donors (Lipinski definition) is 0. The van der Waals surface area contributed by atoms with Gasteiger partial charge < -0.3 is 9.13 Å². The van der Waals surface area contributed by atoms with Crippen molar-refractivity contribution in [2.24, 2.45) is 0 Å². The number of aromatic nitrogens is 5. The molecule has 274 valence electrons. The normalized spacial score (nSPS) is 11.7. The van der Waals surface area contributed by atoms with Gasteiger partial charge in [0.2, 0.25) is 0 Å². The first-order valence-corrected chi connectivity index (χ1v) is 20.3. The van der Waals surface area contributed by atoms with Crippen molar-refractivity contribution < 1.29 is 0 Å².